The van der Waals surface area contributed by atoms with Crippen LogP contribution in [0.2, 0.25) is 0 Å². The van der Waals surface area contributed by atoms with Crippen LogP contribution in [-0.2, 0) is 4.74 Å². The highest BCUT2D eigenvalue weighted by atomic mass is 32.2. The molecule has 184 valence electrons. The van der Waals surface area contributed by atoms with Crippen LogP contribution in [0.4, 0.5) is 0 Å². The van der Waals surface area contributed by atoms with Gasteiger partial charge in [0.25, 0.3) is 0 Å². The standard InChI is InChI=1S/C26H43N5OS/c1-4-30-11-12-31-15-20-9-6-10-22(13-20)33-29-26-27-23(25-18(2)7-5-8-19(25)3)14-24(28-26)32-21(16-30)17-31/h5,7-8,20-24,26-29H,4,6,9-17H2,1-3H3/t20?,21-,22?,23?,24?,26?/m1/s1. The maximum Gasteiger partial charge on any atom is 0.123 e. The van der Waals surface area contributed by atoms with Crippen molar-refractivity contribution in [3.63, 3.8) is 0 Å². The minimum atomic E-state index is 0.0390. The molecule has 1 saturated carbocycles. The molecular weight excluding hydrogens is 430 g/mol. The molecule has 3 aliphatic heterocycles. The van der Waals surface area contributed by atoms with Crippen LogP contribution in [-0.4, -0.2) is 72.9 Å². The fourth-order valence-electron chi connectivity index (χ4n) is 6.44. The van der Waals surface area contributed by atoms with E-state index in [2.05, 4.69) is 64.1 Å². The van der Waals surface area contributed by atoms with Crippen LogP contribution in [0.15, 0.2) is 18.2 Å². The molecule has 33 heavy (non-hydrogen) atoms. The highest BCUT2D eigenvalue weighted by molar-refractivity contribution is 7.98. The van der Waals surface area contributed by atoms with Crippen molar-refractivity contribution in [1.82, 2.24) is 25.2 Å². The van der Waals surface area contributed by atoms with Gasteiger partial charge in [0.05, 0.1) is 6.10 Å². The Morgan fingerprint density at radius 1 is 1.03 bits per heavy atom. The fourth-order valence-corrected chi connectivity index (χ4v) is 7.56. The number of hydrogen-bond donors (Lipinski definition) is 3. The van der Waals surface area contributed by atoms with Crippen molar-refractivity contribution < 1.29 is 4.74 Å². The van der Waals surface area contributed by atoms with E-state index in [0.717, 1.165) is 38.5 Å². The van der Waals surface area contributed by atoms with E-state index in [4.69, 9.17) is 4.74 Å². The van der Waals surface area contributed by atoms with Gasteiger partial charge in [0.2, 0.25) is 0 Å². The van der Waals surface area contributed by atoms with Gasteiger partial charge in [0, 0.05) is 50.4 Å². The fraction of sp³-hybridized carbons (Fsp3) is 0.769. The number of nitrogens with one attached hydrogen (secondary N) is 3. The Balaban J connectivity index is 1.41. The lowest BCUT2D eigenvalue weighted by molar-refractivity contribution is -0.0754. The van der Waals surface area contributed by atoms with Gasteiger partial charge >= 0.3 is 0 Å². The second-order valence-electron chi connectivity index (χ2n) is 10.6. The van der Waals surface area contributed by atoms with E-state index in [0.29, 0.717) is 5.25 Å². The molecule has 6 bridgehead atoms. The molecule has 1 aromatic rings. The normalized spacial score (nSPS) is 38.5. The maximum absolute atomic E-state index is 6.88. The van der Waals surface area contributed by atoms with E-state index < -0.39 is 0 Å². The zero-order valence-corrected chi connectivity index (χ0v) is 21.5. The average Bonchev–Trinajstić information content (AvgIpc) is 2.98. The van der Waals surface area contributed by atoms with Crippen LogP contribution in [0.3, 0.4) is 0 Å². The number of hydrogen-bond acceptors (Lipinski definition) is 7. The molecular formula is C26H43N5OS. The maximum atomic E-state index is 6.88. The van der Waals surface area contributed by atoms with Gasteiger partial charge in [0.1, 0.15) is 12.5 Å². The van der Waals surface area contributed by atoms with Crippen molar-refractivity contribution in [3.05, 3.63) is 34.9 Å². The molecule has 0 radical (unpaired) electrons. The zero-order valence-electron chi connectivity index (χ0n) is 20.7. The summed E-state index contributed by atoms with van der Waals surface area (Å²) in [6, 6.07) is 6.94. The number of fused-ring (bicyclic) bond motifs is 6. The van der Waals surface area contributed by atoms with Crippen molar-refractivity contribution in [1.29, 1.82) is 0 Å². The third-order valence-corrected chi connectivity index (χ3v) is 9.26. The number of likely N-dealkylation sites (N-methyl/N-ethyl adjacent to an activating group) is 1. The molecule has 0 amide bonds. The Morgan fingerprint density at radius 2 is 1.88 bits per heavy atom. The summed E-state index contributed by atoms with van der Waals surface area (Å²) in [5, 5.41) is 8.32. The van der Waals surface area contributed by atoms with Gasteiger partial charge in [-0.05, 0) is 62.3 Å². The van der Waals surface area contributed by atoms with Gasteiger partial charge in [-0.2, -0.15) is 0 Å². The molecule has 3 N–H and O–H groups in total. The molecule has 1 aliphatic carbocycles. The molecule has 3 saturated heterocycles. The lowest BCUT2D eigenvalue weighted by Gasteiger charge is -2.40. The van der Waals surface area contributed by atoms with Crippen LogP contribution in [0, 0.1) is 19.8 Å². The Morgan fingerprint density at radius 3 is 2.70 bits per heavy atom. The number of ether oxygens (including phenoxy) is 1. The first-order chi connectivity index (χ1) is 16.1. The molecule has 3 heterocycles. The third kappa shape index (κ3) is 5.95. The summed E-state index contributed by atoms with van der Waals surface area (Å²) in [5.74, 6) is 0.815. The van der Waals surface area contributed by atoms with Crippen molar-refractivity contribution in [3.8, 4) is 0 Å². The quantitative estimate of drug-likeness (QED) is 0.570. The van der Waals surface area contributed by atoms with E-state index in [-0.39, 0.29) is 24.7 Å². The summed E-state index contributed by atoms with van der Waals surface area (Å²) < 4.78 is 10.6. The summed E-state index contributed by atoms with van der Waals surface area (Å²) in [6.07, 6.45) is 6.67. The zero-order chi connectivity index (χ0) is 22.8. The van der Waals surface area contributed by atoms with E-state index >= 15 is 0 Å². The van der Waals surface area contributed by atoms with Gasteiger partial charge < -0.3 is 4.74 Å². The van der Waals surface area contributed by atoms with E-state index in [9.17, 15) is 0 Å². The monoisotopic (exact) mass is 473 g/mol. The van der Waals surface area contributed by atoms with Crippen LogP contribution in [0.1, 0.15) is 61.8 Å². The van der Waals surface area contributed by atoms with Crippen LogP contribution < -0.4 is 15.4 Å². The largest absolute Gasteiger partial charge is 0.357 e. The molecule has 1 aromatic carbocycles. The Labute approximate surface area is 204 Å². The van der Waals surface area contributed by atoms with E-state index in [1.165, 1.54) is 55.5 Å². The summed E-state index contributed by atoms with van der Waals surface area (Å²) in [4.78, 5) is 5.29. The predicted octanol–water partition coefficient (Wildman–Crippen LogP) is 3.37. The Kier molecular flexibility index (Phi) is 7.97. The van der Waals surface area contributed by atoms with E-state index in [1.54, 1.807) is 0 Å². The topological polar surface area (TPSA) is 51.8 Å². The molecule has 0 aromatic heterocycles. The molecule has 7 heteroatoms. The first kappa shape index (κ1) is 24.0. The first-order valence-corrected chi connectivity index (χ1v) is 14.0. The van der Waals surface area contributed by atoms with Crippen molar-refractivity contribution >= 4 is 11.9 Å². The lowest BCUT2D eigenvalue weighted by atomic mass is 9.88. The number of nitrogens with zero attached hydrogens (tertiary/aromatic N) is 2. The van der Waals surface area contributed by atoms with Crippen LogP contribution in [0.5, 0.6) is 0 Å². The molecule has 7 atom stereocenters. The van der Waals surface area contributed by atoms with Crippen LogP contribution >= 0.6 is 11.9 Å². The third-order valence-electron chi connectivity index (χ3n) is 8.12. The number of rotatable bonds is 2. The summed E-state index contributed by atoms with van der Waals surface area (Å²) in [5.41, 5.74) is 4.17. The SMILES string of the molecule is CCN1CCN2CC3CCCC(C3)SNC3NC(CC(c4c(C)cccc4C)N3)O[C@H](C1)C2. The van der Waals surface area contributed by atoms with Gasteiger partial charge in [-0.15, -0.1) is 0 Å². The molecule has 6 unspecified atom stereocenters. The smallest absolute Gasteiger partial charge is 0.123 e. The molecule has 4 aliphatic rings. The minimum absolute atomic E-state index is 0.0390. The summed E-state index contributed by atoms with van der Waals surface area (Å²) in [7, 11) is 0. The molecule has 0 spiro atoms. The molecule has 5 rings (SSSR count). The highest BCUT2D eigenvalue weighted by Gasteiger charge is 2.35. The van der Waals surface area contributed by atoms with Crippen molar-refractivity contribution in [2.24, 2.45) is 5.92 Å². The summed E-state index contributed by atoms with van der Waals surface area (Å²) in [6.45, 7) is 13.5. The first-order valence-electron chi connectivity index (χ1n) is 13.2. The van der Waals surface area contributed by atoms with Crippen molar-refractivity contribution in [2.75, 3.05) is 39.3 Å². The van der Waals surface area contributed by atoms with Gasteiger partial charge in [0.15, 0.2) is 0 Å². The van der Waals surface area contributed by atoms with Gasteiger partial charge in [-0.3, -0.25) is 20.4 Å². The van der Waals surface area contributed by atoms with Gasteiger partial charge in [-0.1, -0.05) is 43.5 Å². The molecule has 6 nitrogen and oxygen atoms in total. The Hall–Kier alpha value is -0.670. The highest BCUT2D eigenvalue weighted by Crippen LogP contribution is 2.34. The number of benzene rings is 1. The second kappa shape index (κ2) is 10.9. The average molecular weight is 474 g/mol. The predicted molar refractivity (Wildman–Crippen MR) is 137 cm³/mol. The van der Waals surface area contributed by atoms with Gasteiger partial charge in [-0.25, -0.2) is 4.72 Å². The van der Waals surface area contributed by atoms with Crippen molar-refractivity contribution in [2.45, 2.75) is 82.8 Å². The minimum Gasteiger partial charge on any atom is -0.357 e. The lowest BCUT2D eigenvalue weighted by Crippen LogP contribution is -2.61. The van der Waals surface area contributed by atoms with E-state index in [1.807, 2.05) is 11.9 Å². The molecule has 4 fully saturated rings. The summed E-state index contributed by atoms with van der Waals surface area (Å²) >= 11 is 1.95. The second-order valence-corrected chi connectivity index (χ2v) is 11.8. The Bertz CT molecular complexity index is 774. The number of aryl methyl sites for hydroxylation is 2. The van der Waals surface area contributed by atoms with Crippen LogP contribution in [0.25, 0.3) is 0 Å².